The van der Waals surface area contributed by atoms with Gasteiger partial charge >= 0.3 is 0 Å². The zero-order valence-corrected chi connectivity index (χ0v) is 28.8. The van der Waals surface area contributed by atoms with Crippen molar-refractivity contribution in [2.45, 2.75) is 205 Å². The molecule has 0 amide bonds. The summed E-state index contributed by atoms with van der Waals surface area (Å²) in [6.45, 7) is 3.26. The smallest absolute Gasteiger partial charge is 0.104 e. The molecule has 5 rings (SSSR count). The quantitative estimate of drug-likeness (QED) is 0.303. The molecule has 2 aliphatic heterocycles. The van der Waals surface area contributed by atoms with E-state index in [-0.39, 0.29) is 0 Å². The van der Waals surface area contributed by atoms with Crippen molar-refractivity contribution in [1.29, 1.82) is 0 Å². The molecule has 0 radical (unpaired) electrons. The van der Waals surface area contributed by atoms with Gasteiger partial charge < -0.3 is 18.9 Å². The molecule has 0 aromatic carbocycles. The monoisotopic (exact) mass is 597 g/mol. The van der Waals surface area contributed by atoms with Gasteiger partial charge in [-0.3, -0.25) is 0 Å². The first kappa shape index (κ1) is 39.9. The van der Waals surface area contributed by atoms with E-state index in [1.54, 1.807) is 14.2 Å². The number of methoxy groups -OCH3 is 1. The molecule has 0 bridgehead atoms. The highest BCUT2D eigenvalue weighted by Crippen LogP contribution is 2.18. The van der Waals surface area contributed by atoms with Crippen LogP contribution in [0.3, 0.4) is 0 Å². The maximum Gasteiger partial charge on any atom is 0.104 e. The minimum atomic E-state index is 0.392. The predicted molar refractivity (Wildman–Crippen MR) is 182 cm³/mol. The number of epoxide rings is 2. The van der Waals surface area contributed by atoms with Crippen molar-refractivity contribution in [1.82, 2.24) is 0 Å². The molecule has 42 heavy (non-hydrogen) atoms. The Morgan fingerprint density at radius 1 is 0.333 bits per heavy atom. The summed E-state index contributed by atoms with van der Waals surface area (Å²) >= 11 is 0. The lowest BCUT2D eigenvalue weighted by molar-refractivity contribution is 0.102. The SMILES string of the molecule is C(OCC1CO1)C1CO1.C1CCCCCCCCC1.C1CCCCCCCCC1.C1CCCCCCCCC1.COC. The lowest BCUT2D eigenvalue weighted by Crippen LogP contribution is -2.06. The highest BCUT2D eigenvalue weighted by Gasteiger charge is 2.26. The highest BCUT2D eigenvalue weighted by molar-refractivity contribution is 4.71. The Morgan fingerprint density at radius 2 is 0.452 bits per heavy atom. The largest absolute Gasteiger partial charge is 0.388 e. The van der Waals surface area contributed by atoms with Gasteiger partial charge in [0.1, 0.15) is 12.2 Å². The van der Waals surface area contributed by atoms with E-state index in [0.29, 0.717) is 12.2 Å². The normalized spacial score (nSPS) is 25.9. The Hall–Kier alpha value is -0.160. The highest BCUT2D eigenvalue weighted by atomic mass is 16.6. The van der Waals surface area contributed by atoms with Crippen molar-refractivity contribution in [3.63, 3.8) is 0 Å². The molecule has 4 nitrogen and oxygen atoms in total. The molecule has 0 N–H and O–H groups in total. The molecule has 2 unspecified atom stereocenters. The molecule has 3 saturated carbocycles. The maximum atomic E-state index is 5.23. The first-order valence-corrected chi connectivity index (χ1v) is 19.1. The van der Waals surface area contributed by atoms with Gasteiger partial charge in [0.25, 0.3) is 0 Å². The molecule has 5 fully saturated rings. The van der Waals surface area contributed by atoms with Crippen LogP contribution in [0.15, 0.2) is 0 Å². The van der Waals surface area contributed by atoms with Crippen LogP contribution in [0.1, 0.15) is 193 Å². The molecule has 252 valence electrons. The fourth-order valence-electron chi connectivity index (χ4n) is 5.96. The van der Waals surface area contributed by atoms with Gasteiger partial charge in [-0.25, -0.2) is 0 Å². The van der Waals surface area contributed by atoms with Crippen LogP contribution in [0, 0.1) is 0 Å². The van der Waals surface area contributed by atoms with Crippen LogP contribution in [0.2, 0.25) is 0 Å². The Labute approximate surface area is 264 Å². The van der Waals surface area contributed by atoms with E-state index in [0.717, 1.165) is 26.4 Å². The zero-order valence-electron chi connectivity index (χ0n) is 28.8. The van der Waals surface area contributed by atoms with Gasteiger partial charge in [0.05, 0.1) is 26.4 Å². The lowest BCUT2D eigenvalue weighted by Gasteiger charge is -2.05. The average Bonchev–Trinajstić information content (AvgIpc) is 3.97. The van der Waals surface area contributed by atoms with E-state index in [2.05, 4.69) is 4.74 Å². The molecule has 0 spiro atoms. The number of hydrogen-bond acceptors (Lipinski definition) is 4. The van der Waals surface area contributed by atoms with Crippen molar-refractivity contribution in [3.05, 3.63) is 0 Å². The third-order valence-electron chi connectivity index (χ3n) is 8.91. The predicted octanol–water partition coefficient (Wildman–Crippen LogP) is 11.8. The standard InChI is InChI=1S/3C10H20.C6H10O3.C2H6O/c3*1-2-4-6-8-10-9-7-5-3-1;1(5-3-8-5)7-2-6-4-9-6;1-3-2/h3*1-10H2;5-6H,1-4H2;1-2H3. The molecule has 2 saturated heterocycles. The van der Waals surface area contributed by atoms with E-state index < -0.39 is 0 Å². The summed E-state index contributed by atoms with van der Waals surface area (Å²) in [6.07, 6.45) is 45.8. The summed E-state index contributed by atoms with van der Waals surface area (Å²) in [5.74, 6) is 0. The van der Waals surface area contributed by atoms with Gasteiger partial charge in [-0.1, -0.05) is 193 Å². The van der Waals surface area contributed by atoms with Gasteiger partial charge in [0.2, 0.25) is 0 Å². The van der Waals surface area contributed by atoms with Gasteiger partial charge in [-0.2, -0.15) is 0 Å². The molecule has 5 aliphatic rings. The molecular formula is C38H76O4. The van der Waals surface area contributed by atoms with Crippen molar-refractivity contribution in [3.8, 4) is 0 Å². The van der Waals surface area contributed by atoms with E-state index >= 15 is 0 Å². The van der Waals surface area contributed by atoms with Gasteiger partial charge in [0.15, 0.2) is 0 Å². The summed E-state index contributed by atoms with van der Waals surface area (Å²) < 4.78 is 19.4. The van der Waals surface area contributed by atoms with Crippen molar-refractivity contribution in [2.75, 3.05) is 40.6 Å². The summed E-state index contributed by atoms with van der Waals surface area (Å²) in [5, 5.41) is 0. The van der Waals surface area contributed by atoms with Crippen LogP contribution in [0.25, 0.3) is 0 Å². The second-order valence-corrected chi connectivity index (χ2v) is 13.5. The molecule has 0 aromatic rings. The second kappa shape index (κ2) is 33.7. The maximum absolute atomic E-state index is 5.23. The third kappa shape index (κ3) is 34.3. The van der Waals surface area contributed by atoms with Gasteiger partial charge in [-0.05, 0) is 0 Å². The first-order valence-electron chi connectivity index (χ1n) is 19.1. The fourth-order valence-corrected chi connectivity index (χ4v) is 5.96. The third-order valence-corrected chi connectivity index (χ3v) is 8.91. The topological polar surface area (TPSA) is 43.5 Å². The summed E-state index contributed by atoms with van der Waals surface area (Å²) in [5.41, 5.74) is 0. The average molecular weight is 597 g/mol. The number of rotatable bonds is 4. The molecular weight excluding hydrogens is 520 g/mol. The first-order chi connectivity index (χ1) is 20.9. The van der Waals surface area contributed by atoms with Crippen LogP contribution in [-0.4, -0.2) is 52.9 Å². The number of ether oxygens (including phenoxy) is 4. The Balaban J connectivity index is 0.000000271. The van der Waals surface area contributed by atoms with Crippen molar-refractivity contribution < 1.29 is 18.9 Å². The minimum Gasteiger partial charge on any atom is -0.388 e. The molecule has 2 heterocycles. The van der Waals surface area contributed by atoms with E-state index in [4.69, 9.17) is 14.2 Å². The van der Waals surface area contributed by atoms with E-state index in [1.807, 2.05) is 0 Å². The summed E-state index contributed by atoms with van der Waals surface area (Å²) in [6, 6.07) is 0. The van der Waals surface area contributed by atoms with Crippen LogP contribution in [0.5, 0.6) is 0 Å². The van der Waals surface area contributed by atoms with Crippen LogP contribution in [0.4, 0.5) is 0 Å². The van der Waals surface area contributed by atoms with Gasteiger partial charge in [0, 0.05) is 14.2 Å². The molecule has 3 aliphatic carbocycles. The van der Waals surface area contributed by atoms with Crippen LogP contribution < -0.4 is 0 Å². The Kier molecular flexibility index (Phi) is 32.0. The van der Waals surface area contributed by atoms with Crippen LogP contribution >= 0.6 is 0 Å². The fraction of sp³-hybridized carbons (Fsp3) is 1.00. The number of hydrogen-bond donors (Lipinski definition) is 0. The summed E-state index contributed by atoms with van der Waals surface area (Å²) in [4.78, 5) is 0. The molecule has 0 aromatic heterocycles. The summed E-state index contributed by atoms with van der Waals surface area (Å²) in [7, 11) is 3.25. The molecule has 4 heteroatoms. The van der Waals surface area contributed by atoms with Gasteiger partial charge in [-0.15, -0.1) is 0 Å². The van der Waals surface area contributed by atoms with Crippen molar-refractivity contribution in [2.24, 2.45) is 0 Å². The zero-order chi connectivity index (χ0) is 30.0. The Morgan fingerprint density at radius 3 is 0.548 bits per heavy atom. The van der Waals surface area contributed by atoms with Crippen molar-refractivity contribution >= 4 is 0 Å². The van der Waals surface area contributed by atoms with E-state index in [1.165, 1.54) is 193 Å². The van der Waals surface area contributed by atoms with E-state index in [9.17, 15) is 0 Å². The molecule has 2 atom stereocenters. The lowest BCUT2D eigenvalue weighted by atomic mass is 10.0. The minimum absolute atomic E-state index is 0.392. The second-order valence-electron chi connectivity index (χ2n) is 13.5. The Bertz CT molecular complexity index is 332. The van der Waals surface area contributed by atoms with Crippen LogP contribution in [-0.2, 0) is 18.9 Å².